The second-order valence-electron chi connectivity index (χ2n) is 6.49. The first-order valence-electron chi connectivity index (χ1n) is 9.65. The molecule has 0 atom stereocenters. The number of hydrogen-bond donors (Lipinski definition) is 0. The molecule has 2 heterocycles. The van der Waals surface area contributed by atoms with E-state index in [1.54, 1.807) is 22.9 Å². The lowest BCUT2D eigenvalue weighted by Gasteiger charge is -2.20. The minimum Gasteiger partial charge on any atom is -0.492 e. The first-order valence-corrected chi connectivity index (χ1v) is 11.7. The minimum atomic E-state index is -0.0770. The number of rotatable bonds is 8. The van der Waals surface area contributed by atoms with Crippen molar-refractivity contribution in [3.05, 3.63) is 66.5 Å². The molecule has 0 N–H and O–H groups in total. The number of carbonyl (C=O) groups excluding carboxylic acids is 1. The molecule has 30 heavy (non-hydrogen) atoms. The minimum absolute atomic E-state index is 0.0770. The molecule has 0 aliphatic carbocycles. The van der Waals surface area contributed by atoms with Crippen molar-refractivity contribution in [1.29, 1.82) is 0 Å². The Kier molecular flexibility index (Phi) is 6.35. The number of anilines is 1. The highest BCUT2D eigenvalue weighted by Gasteiger charge is 2.22. The summed E-state index contributed by atoms with van der Waals surface area (Å²) in [4.78, 5) is 21.0. The van der Waals surface area contributed by atoms with E-state index in [0.29, 0.717) is 30.4 Å². The Morgan fingerprint density at radius 1 is 1.20 bits per heavy atom. The molecule has 4 aromatic rings. The monoisotopic (exact) mass is 438 g/mol. The molecular weight excluding hydrogens is 416 g/mol. The molecule has 4 rings (SSSR count). The fourth-order valence-corrected chi connectivity index (χ4v) is 4.52. The first kappa shape index (κ1) is 20.4. The van der Waals surface area contributed by atoms with Crippen LogP contribution in [0, 0.1) is 0 Å². The molecular formula is C22H22N4O2S2. The number of thioether (sulfide) groups is 1. The zero-order valence-electron chi connectivity index (χ0n) is 16.8. The second kappa shape index (κ2) is 9.32. The molecule has 0 saturated carbocycles. The predicted molar refractivity (Wildman–Crippen MR) is 123 cm³/mol. The van der Waals surface area contributed by atoms with Gasteiger partial charge in [0.15, 0.2) is 5.13 Å². The molecule has 0 aliphatic rings. The molecule has 0 fully saturated rings. The maximum absolute atomic E-state index is 13.4. The fourth-order valence-electron chi connectivity index (χ4n) is 3.11. The van der Waals surface area contributed by atoms with Crippen molar-refractivity contribution in [1.82, 2.24) is 14.8 Å². The predicted octanol–water partition coefficient (Wildman–Crippen LogP) is 4.96. The van der Waals surface area contributed by atoms with Crippen LogP contribution in [0.25, 0.3) is 10.2 Å². The first-order chi connectivity index (χ1) is 14.7. The summed E-state index contributed by atoms with van der Waals surface area (Å²) in [6, 6.07) is 15.4. The largest absolute Gasteiger partial charge is 0.492 e. The number of nitrogens with zero attached hydrogens (tertiary/aromatic N) is 4. The topological polar surface area (TPSA) is 60.2 Å². The summed E-state index contributed by atoms with van der Waals surface area (Å²) in [5.74, 6) is 0.660. The second-order valence-corrected chi connectivity index (χ2v) is 8.38. The van der Waals surface area contributed by atoms with Crippen molar-refractivity contribution >= 4 is 44.4 Å². The number of amides is 1. The number of thiazole rings is 1. The molecule has 0 radical (unpaired) electrons. The SMILES string of the molecule is CCOc1cccc2sc(N(CCn3cccn3)C(=O)c3ccc(SC)cc3)nc12. The molecule has 6 nitrogen and oxygen atoms in total. The zero-order valence-corrected chi connectivity index (χ0v) is 18.4. The van der Waals surface area contributed by atoms with E-state index in [1.807, 2.05) is 72.6 Å². The van der Waals surface area contributed by atoms with Crippen LogP contribution in [0.1, 0.15) is 17.3 Å². The lowest BCUT2D eigenvalue weighted by molar-refractivity contribution is 0.0985. The van der Waals surface area contributed by atoms with Gasteiger partial charge in [0.25, 0.3) is 5.91 Å². The van der Waals surface area contributed by atoms with Crippen LogP contribution >= 0.6 is 23.1 Å². The molecule has 0 spiro atoms. The molecule has 0 unspecified atom stereocenters. The molecule has 2 aromatic heterocycles. The van der Waals surface area contributed by atoms with Crippen molar-refractivity contribution in [2.24, 2.45) is 0 Å². The lowest BCUT2D eigenvalue weighted by Crippen LogP contribution is -2.34. The van der Waals surface area contributed by atoms with E-state index in [9.17, 15) is 4.79 Å². The van der Waals surface area contributed by atoms with Gasteiger partial charge in [0.2, 0.25) is 0 Å². The molecule has 8 heteroatoms. The number of ether oxygens (including phenoxy) is 1. The molecule has 2 aromatic carbocycles. The normalized spacial score (nSPS) is 11.0. The summed E-state index contributed by atoms with van der Waals surface area (Å²) >= 11 is 3.14. The van der Waals surface area contributed by atoms with E-state index in [-0.39, 0.29) is 5.91 Å². The van der Waals surface area contributed by atoms with Gasteiger partial charge in [0, 0.05) is 29.4 Å². The molecule has 0 aliphatic heterocycles. The highest BCUT2D eigenvalue weighted by Crippen LogP contribution is 2.35. The summed E-state index contributed by atoms with van der Waals surface area (Å²) < 4.78 is 8.53. The Balaban J connectivity index is 1.69. The Labute approximate surface area is 183 Å². The Morgan fingerprint density at radius 3 is 2.73 bits per heavy atom. The van der Waals surface area contributed by atoms with Crippen LogP contribution < -0.4 is 9.64 Å². The average Bonchev–Trinajstić information content (AvgIpc) is 3.44. The van der Waals surface area contributed by atoms with Gasteiger partial charge in [-0.2, -0.15) is 5.10 Å². The van der Waals surface area contributed by atoms with E-state index in [4.69, 9.17) is 9.72 Å². The zero-order chi connectivity index (χ0) is 20.9. The van der Waals surface area contributed by atoms with Gasteiger partial charge < -0.3 is 4.74 Å². The van der Waals surface area contributed by atoms with E-state index in [2.05, 4.69) is 5.10 Å². The average molecular weight is 439 g/mol. The Bertz CT molecular complexity index is 1120. The van der Waals surface area contributed by atoms with E-state index >= 15 is 0 Å². The van der Waals surface area contributed by atoms with Gasteiger partial charge in [0.1, 0.15) is 11.3 Å². The van der Waals surface area contributed by atoms with Crippen LogP contribution in [0.4, 0.5) is 5.13 Å². The fraction of sp³-hybridized carbons (Fsp3) is 0.227. The van der Waals surface area contributed by atoms with E-state index < -0.39 is 0 Å². The summed E-state index contributed by atoms with van der Waals surface area (Å²) in [6.07, 6.45) is 5.64. The number of aromatic nitrogens is 3. The van der Waals surface area contributed by atoms with Gasteiger partial charge in [-0.15, -0.1) is 11.8 Å². The smallest absolute Gasteiger partial charge is 0.260 e. The van der Waals surface area contributed by atoms with Gasteiger partial charge in [-0.05, 0) is 55.6 Å². The summed E-state index contributed by atoms with van der Waals surface area (Å²) in [7, 11) is 0. The van der Waals surface area contributed by atoms with E-state index in [1.165, 1.54) is 11.3 Å². The van der Waals surface area contributed by atoms with E-state index in [0.717, 1.165) is 20.9 Å². The van der Waals surface area contributed by atoms with Crippen LogP contribution in [0.5, 0.6) is 5.75 Å². The van der Waals surface area contributed by atoms with Gasteiger partial charge in [-0.3, -0.25) is 14.4 Å². The van der Waals surface area contributed by atoms with Crippen molar-refractivity contribution in [3.63, 3.8) is 0 Å². The Hall–Kier alpha value is -2.84. The van der Waals surface area contributed by atoms with Crippen LogP contribution in [-0.2, 0) is 6.54 Å². The summed E-state index contributed by atoms with van der Waals surface area (Å²) in [5, 5.41) is 4.91. The van der Waals surface area contributed by atoms with Crippen molar-refractivity contribution in [2.45, 2.75) is 18.4 Å². The third-order valence-corrected chi connectivity index (χ3v) is 6.38. The third kappa shape index (κ3) is 4.34. The summed E-state index contributed by atoms with van der Waals surface area (Å²) in [5.41, 5.74) is 1.42. The number of carbonyl (C=O) groups is 1. The van der Waals surface area contributed by atoms with Gasteiger partial charge in [-0.1, -0.05) is 17.4 Å². The van der Waals surface area contributed by atoms with Gasteiger partial charge >= 0.3 is 0 Å². The van der Waals surface area contributed by atoms with Crippen LogP contribution in [0.2, 0.25) is 0 Å². The quantitative estimate of drug-likeness (QED) is 0.364. The van der Waals surface area contributed by atoms with Crippen LogP contribution in [0.3, 0.4) is 0 Å². The highest BCUT2D eigenvalue weighted by molar-refractivity contribution is 7.98. The molecule has 154 valence electrons. The number of benzene rings is 2. The number of fused-ring (bicyclic) bond motifs is 1. The lowest BCUT2D eigenvalue weighted by atomic mass is 10.2. The number of para-hydroxylation sites is 1. The van der Waals surface area contributed by atoms with Gasteiger partial charge in [-0.25, -0.2) is 4.98 Å². The van der Waals surface area contributed by atoms with Crippen molar-refractivity contribution in [3.8, 4) is 5.75 Å². The highest BCUT2D eigenvalue weighted by atomic mass is 32.2. The summed E-state index contributed by atoms with van der Waals surface area (Å²) in [6.45, 7) is 3.56. The van der Waals surface area contributed by atoms with Crippen LogP contribution in [0.15, 0.2) is 65.8 Å². The molecule has 1 amide bonds. The standard InChI is InChI=1S/C22H22N4O2S2/c1-3-28-18-6-4-7-19-20(18)24-22(30-19)26(15-14-25-13-5-12-23-25)21(27)16-8-10-17(29-2)11-9-16/h4-13H,3,14-15H2,1-2H3. The van der Waals surface area contributed by atoms with Crippen molar-refractivity contribution in [2.75, 3.05) is 24.3 Å². The molecule has 0 bridgehead atoms. The molecule has 0 saturated heterocycles. The Morgan fingerprint density at radius 2 is 2.03 bits per heavy atom. The maximum Gasteiger partial charge on any atom is 0.260 e. The maximum atomic E-state index is 13.4. The van der Waals surface area contributed by atoms with Crippen molar-refractivity contribution < 1.29 is 9.53 Å². The van der Waals surface area contributed by atoms with Crippen LogP contribution in [-0.4, -0.2) is 40.1 Å². The number of hydrogen-bond acceptors (Lipinski definition) is 6. The third-order valence-electron chi connectivity index (χ3n) is 4.60. The van der Waals surface area contributed by atoms with Gasteiger partial charge in [0.05, 0.1) is 17.9 Å².